The number of hydrogen-bond acceptors (Lipinski definition) is 7. The second-order valence-electron chi connectivity index (χ2n) is 7.05. The molecule has 3 heterocycles. The van der Waals surface area contributed by atoms with Gasteiger partial charge in [-0.25, -0.2) is 9.59 Å². The number of ether oxygens (including phenoxy) is 1. The summed E-state index contributed by atoms with van der Waals surface area (Å²) >= 11 is 1.27. The van der Waals surface area contributed by atoms with Gasteiger partial charge in [0.2, 0.25) is 5.91 Å². The van der Waals surface area contributed by atoms with Crippen molar-refractivity contribution < 1.29 is 24.5 Å². The molecular weight excluding hydrogens is 426 g/mol. The van der Waals surface area contributed by atoms with E-state index in [1.165, 1.54) is 28.9 Å². The molecule has 10 nitrogen and oxygen atoms in total. The molecule has 2 atom stereocenters. The molecule has 2 aliphatic heterocycles. The van der Waals surface area contributed by atoms with Gasteiger partial charge in [0.25, 0.3) is 5.56 Å². The van der Waals surface area contributed by atoms with E-state index in [-0.39, 0.29) is 36.7 Å². The predicted molar refractivity (Wildman–Crippen MR) is 110 cm³/mol. The zero-order valence-electron chi connectivity index (χ0n) is 16.2. The van der Waals surface area contributed by atoms with Gasteiger partial charge < -0.3 is 19.9 Å². The number of carbonyl (C=O) groups is 2. The lowest BCUT2D eigenvalue weighted by atomic mass is 9.94. The van der Waals surface area contributed by atoms with E-state index in [0.29, 0.717) is 22.6 Å². The van der Waals surface area contributed by atoms with Crippen molar-refractivity contribution in [1.82, 2.24) is 14.5 Å². The summed E-state index contributed by atoms with van der Waals surface area (Å²) in [5.41, 5.74) is -0.269. The van der Waals surface area contributed by atoms with Crippen LogP contribution in [0.1, 0.15) is 12.0 Å². The summed E-state index contributed by atoms with van der Waals surface area (Å²) in [5, 5.41) is 18.3. The molecule has 31 heavy (non-hydrogen) atoms. The molecule has 0 radical (unpaired) electrons. The molecule has 4 rings (SSSR count). The lowest BCUT2D eigenvalue weighted by Crippen LogP contribution is -2.57. The van der Waals surface area contributed by atoms with Gasteiger partial charge in [-0.15, -0.1) is 0 Å². The summed E-state index contributed by atoms with van der Waals surface area (Å²) in [6.07, 6.45) is 1.59. The molecule has 1 saturated heterocycles. The average Bonchev–Trinajstić information content (AvgIpc) is 3.09. The van der Waals surface area contributed by atoms with E-state index < -0.39 is 23.1 Å². The van der Waals surface area contributed by atoms with E-state index in [1.54, 1.807) is 24.3 Å². The number of aliphatic hydroxyl groups is 1. The van der Waals surface area contributed by atoms with Gasteiger partial charge in [-0.05, 0) is 24.1 Å². The highest BCUT2D eigenvalue weighted by molar-refractivity contribution is 8.04. The first-order valence-corrected chi connectivity index (χ1v) is 10.4. The molecule has 162 valence electrons. The van der Waals surface area contributed by atoms with E-state index in [1.807, 2.05) is 0 Å². The van der Waals surface area contributed by atoms with Gasteiger partial charge in [0.1, 0.15) is 18.1 Å². The van der Waals surface area contributed by atoms with Crippen LogP contribution in [0.4, 0.5) is 0 Å². The summed E-state index contributed by atoms with van der Waals surface area (Å²) in [5.74, 6) is -1.42. The maximum absolute atomic E-state index is 12.2. The normalized spacial score (nSPS) is 19.9. The van der Waals surface area contributed by atoms with Gasteiger partial charge in [-0.1, -0.05) is 23.9 Å². The lowest BCUT2D eigenvalue weighted by Gasteiger charge is -2.42. The number of aliphatic hydroxyl groups excluding tert-OH is 1. The van der Waals surface area contributed by atoms with Crippen LogP contribution in [0.2, 0.25) is 0 Å². The Labute approximate surface area is 179 Å². The van der Waals surface area contributed by atoms with E-state index in [2.05, 4.69) is 4.98 Å². The van der Waals surface area contributed by atoms with Crippen LogP contribution in [0.15, 0.2) is 56.7 Å². The number of nitrogens with one attached hydrogen (secondary N) is 1. The van der Waals surface area contributed by atoms with E-state index >= 15 is 0 Å². The van der Waals surface area contributed by atoms with Crippen molar-refractivity contribution in [1.29, 1.82) is 0 Å². The van der Waals surface area contributed by atoms with Crippen molar-refractivity contribution in [2.75, 3.05) is 13.2 Å². The number of thioether (sulfide) groups is 1. The van der Waals surface area contributed by atoms with Gasteiger partial charge in [0.05, 0.1) is 22.7 Å². The number of aromatic nitrogens is 2. The SMILES string of the molecule is O=C(O)C1=C(COc2ccc(Cn3c(=O)cc[nH]c3=O)cc2)S[C@@H]2[C@@H](CCO)C(=O)N12. The Morgan fingerprint density at radius 1 is 1.16 bits per heavy atom. The minimum atomic E-state index is -1.20. The molecule has 0 unspecified atom stereocenters. The number of nitrogens with zero attached hydrogens (tertiary/aromatic N) is 2. The second kappa shape index (κ2) is 8.44. The number of carboxylic acids is 1. The van der Waals surface area contributed by atoms with Gasteiger partial charge in [0, 0.05) is 18.9 Å². The third-order valence-corrected chi connectivity index (χ3v) is 6.52. The number of amides is 1. The number of H-pyrrole nitrogens is 1. The van der Waals surface area contributed by atoms with Crippen LogP contribution in [-0.4, -0.2) is 55.1 Å². The van der Waals surface area contributed by atoms with Crippen LogP contribution >= 0.6 is 11.8 Å². The van der Waals surface area contributed by atoms with Crippen molar-refractivity contribution in [3.63, 3.8) is 0 Å². The number of carboxylic acid groups (broad SMARTS) is 1. The molecule has 2 aliphatic rings. The summed E-state index contributed by atoms with van der Waals surface area (Å²) in [6.45, 7) is -0.0527. The Kier molecular flexibility index (Phi) is 5.70. The van der Waals surface area contributed by atoms with Crippen LogP contribution in [0, 0.1) is 5.92 Å². The fraction of sp³-hybridized carbons (Fsp3) is 0.300. The number of benzene rings is 1. The van der Waals surface area contributed by atoms with E-state index in [9.17, 15) is 24.3 Å². The molecular formula is C20H19N3O7S. The second-order valence-corrected chi connectivity index (χ2v) is 8.26. The number of rotatable bonds is 8. The molecule has 3 N–H and O–H groups in total. The van der Waals surface area contributed by atoms with Crippen LogP contribution in [0.5, 0.6) is 5.75 Å². The summed E-state index contributed by atoms with van der Waals surface area (Å²) < 4.78 is 6.78. The van der Waals surface area contributed by atoms with Crippen LogP contribution < -0.4 is 16.0 Å². The van der Waals surface area contributed by atoms with E-state index in [4.69, 9.17) is 9.84 Å². The van der Waals surface area contributed by atoms with Gasteiger partial charge in [-0.3, -0.25) is 19.1 Å². The zero-order chi connectivity index (χ0) is 22.1. The summed E-state index contributed by atoms with van der Waals surface area (Å²) in [4.78, 5) is 51.6. The molecule has 0 aliphatic carbocycles. The smallest absolute Gasteiger partial charge is 0.353 e. The third kappa shape index (κ3) is 3.89. The number of carbonyl (C=O) groups excluding carboxylic acids is 1. The summed E-state index contributed by atoms with van der Waals surface area (Å²) in [7, 11) is 0. The molecule has 2 aromatic rings. The lowest BCUT2D eigenvalue weighted by molar-refractivity contribution is -0.152. The predicted octanol–water partition coefficient (Wildman–Crippen LogP) is 0.174. The molecule has 1 fully saturated rings. The Hall–Kier alpha value is -3.31. The largest absolute Gasteiger partial charge is 0.488 e. The molecule has 0 saturated carbocycles. The first-order valence-electron chi connectivity index (χ1n) is 9.48. The fourth-order valence-electron chi connectivity index (χ4n) is 3.59. The van der Waals surface area contributed by atoms with Crippen molar-refractivity contribution in [3.05, 3.63) is 73.5 Å². The van der Waals surface area contributed by atoms with Crippen LogP contribution in [-0.2, 0) is 16.1 Å². The maximum atomic E-state index is 12.2. The number of fused-ring (bicyclic) bond motifs is 1. The molecule has 0 bridgehead atoms. The molecule has 0 spiro atoms. The van der Waals surface area contributed by atoms with Crippen molar-refractivity contribution >= 4 is 23.6 Å². The molecule has 1 aromatic heterocycles. The highest BCUT2D eigenvalue weighted by atomic mass is 32.2. The van der Waals surface area contributed by atoms with Gasteiger partial charge in [-0.2, -0.15) is 0 Å². The Balaban J connectivity index is 1.44. The summed E-state index contributed by atoms with van der Waals surface area (Å²) in [6, 6.07) is 8.00. The van der Waals surface area contributed by atoms with Gasteiger partial charge >= 0.3 is 11.7 Å². The average molecular weight is 445 g/mol. The number of β-lactam (4-membered cyclic amide) rings is 1. The molecule has 1 amide bonds. The quantitative estimate of drug-likeness (QED) is 0.489. The minimum absolute atomic E-state index is 0.0183. The highest BCUT2D eigenvalue weighted by Gasteiger charge is 2.55. The Bertz CT molecular complexity index is 1140. The van der Waals surface area contributed by atoms with Crippen molar-refractivity contribution in [2.24, 2.45) is 5.92 Å². The standard InChI is InChI=1S/C20H19N3O7S/c24-8-6-13-17(26)23-16(19(27)28)14(31-18(13)23)10-30-12-3-1-11(2-4-12)9-22-15(25)5-7-21-20(22)29/h1-5,7,13,18,24H,6,8-10H2,(H,21,29)(H,27,28)/t13-,18+/m0/s1. The Morgan fingerprint density at radius 2 is 1.90 bits per heavy atom. The van der Waals surface area contributed by atoms with Crippen LogP contribution in [0.3, 0.4) is 0 Å². The maximum Gasteiger partial charge on any atom is 0.353 e. The van der Waals surface area contributed by atoms with Crippen molar-refractivity contribution in [3.8, 4) is 5.75 Å². The molecule has 1 aromatic carbocycles. The van der Waals surface area contributed by atoms with E-state index in [0.717, 1.165) is 4.57 Å². The first-order chi connectivity index (χ1) is 14.9. The number of hydrogen-bond donors (Lipinski definition) is 3. The zero-order valence-corrected chi connectivity index (χ0v) is 17.0. The highest BCUT2D eigenvalue weighted by Crippen LogP contribution is 2.50. The third-order valence-electron chi connectivity index (χ3n) is 5.14. The number of aromatic amines is 1. The topological polar surface area (TPSA) is 142 Å². The molecule has 11 heteroatoms. The fourth-order valence-corrected chi connectivity index (χ4v) is 5.03. The minimum Gasteiger partial charge on any atom is -0.488 e. The first kappa shape index (κ1) is 20.9. The number of aliphatic carboxylic acids is 1. The van der Waals surface area contributed by atoms with Crippen molar-refractivity contribution in [2.45, 2.75) is 18.3 Å². The monoisotopic (exact) mass is 445 g/mol. The van der Waals surface area contributed by atoms with Crippen LogP contribution in [0.25, 0.3) is 0 Å². The Morgan fingerprint density at radius 3 is 2.55 bits per heavy atom. The van der Waals surface area contributed by atoms with Gasteiger partial charge in [0.15, 0.2) is 0 Å².